The molecule has 2 fully saturated rings. The molecule has 0 N–H and O–H groups in total. The Morgan fingerprint density at radius 1 is 1.28 bits per heavy atom. The van der Waals surface area contributed by atoms with E-state index in [1.807, 2.05) is 13.0 Å². The molecule has 2 aliphatic rings. The average molecular weight is 341 g/mol. The second-order valence-corrected chi connectivity index (χ2v) is 6.93. The summed E-state index contributed by atoms with van der Waals surface area (Å²) in [6.45, 7) is 5.15. The number of anilines is 1. The van der Waals surface area contributed by atoms with Gasteiger partial charge in [-0.15, -0.1) is 0 Å². The van der Waals surface area contributed by atoms with Crippen LogP contribution in [0.25, 0.3) is 0 Å². The predicted molar refractivity (Wildman–Crippen MR) is 92.5 cm³/mol. The third-order valence-electron chi connectivity index (χ3n) is 4.90. The van der Waals surface area contributed by atoms with Crippen LogP contribution in [0.2, 0.25) is 0 Å². The number of rotatable bonds is 5. The first-order valence-electron chi connectivity index (χ1n) is 8.80. The average Bonchev–Trinajstić information content (AvgIpc) is 2.61. The summed E-state index contributed by atoms with van der Waals surface area (Å²) in [6, 6.07) is 1.84. The topological polar surface area (TPSA) is 73.3 Å². The van der Waals surface area contributed by atoms with Crippen molar-refractivity contribution in [1.29, 1.82) is 0 Å². The van der Waals surface area contributed by atoms with Gasteiger partial charge in [0.05, 0.1) is 31.6 Å². The van der Waals surface area contributed by atoms with Crippen molar-refractivity contribution in [2.75, 3.05) is 31.2 Å². The monoisotopic (exact) mass is 341 g/mol. The molecule has 0 bridgehead atoms. The van der Waals surface area contributed by atoms with Crippen LogP contribution in [0.15, 0.2) is 30.9 Å². The SMILES string of the molecule is Cc1cncc(OCC[C@H]2CCOC3(C2)CN(c2ncccn2)C3)n1. The first kappa shape index (κ1) is 16.2. The molecule has 25 heavy (non-hydrogen) atoms. The lowest BCUT2D eigenvalue weighted by Crippen LogP contribution is -2.66. The zero-order valence-corrected chi connectivity index (χ0v) is 14.5. The van der Waals surface area contributed by atoms with Crippen LogP contribution in [0.3, 0.4) is 0 Å². The van der Waals surface area contributed by atoms with Gasteiger partial charge in [-0.25, -0.2) is 15.0 Å². The predicted octanol–water partition coefficient (Wildman–Crippen LogP) is 2.03. The van der Waals surface area contributed by atoms with Crippen LogP contribution < -0.4 is 9.64 Å². The molecule has 0 radical (unpaired) electrons. The Labute approximate surface area is 147 Å². The van der Waals surface area contributed by atoms with E-state index in [2.05, 4.69) is 24.8 Å². The number of aryl methyl sites for hydroxylation is 1. The van der Waals surface area contributed by atoms with Gasteiger partial charge in [0.15, 0.2) is 0 Å². The summed E-state index contributed by atoms with van der Waals surface area (Å²) in [5, 5.41) is 0. The molecule has 7 nitrogen and oxygen atoms in total. The molecule has 1 atom stereocenters. The number of hydrogen-bond donors (Lipinski definition) is 0. The molecular formula is C18H23N5O2. The van der Waals surface area contributed by atoms with Crippen LogP contribution in [0, 0.1) is 12.8 Å². The highest BCUT2D eigenvalue weighted by molar-refractivity contribution is 5.37. The van der Waals surface area contributed by atoms with Crippen molar-refractivity contribution >= 4 is 5.95 Å². The minimum atomic E-state index is -0.0364. The molecule has 4 rings (SSSR count). The van der Waals surface area contributed by atoms with E-state index in [1.165, 1.54) is 0 Å². The van der Waals surface area contributed by atoms with Crippen LogP contribution >= 0.6 is 0 Å². The van der Waals surface area contributed by atoms with Crippen molar-refractivity contribution < 1.29 is 9.47 Å². The maximum atomic E-state index is 6.10. The van der Waals surface area contributed by atoms with E-state index >= 15 is 0 Å². The number of aromatic nitrogens is 4. The molecule has 2 aromatic heterocycles. The fraction of sp³-hybridized carbons (Fsp3) is 0.556. The standard InChI is InChI=1S/C18H23N5O2/c1-14-10-19-11-16(22-14)24-7-3-15-4-8-25-18(9-15)12-23(13-18)17-20-5-2-6-21-17/h2,5-6,10-11,15H,3-4,7-9,12-13H2,1H3/t15-/m0/s1. The van der Waals surface area contributed by atoms with E-state index < -0.39 is 0 Å². The molecule has 0 unspecified atom stereocenters. The Kier molecular flexibility index (Phi) is 4.48. The maximum Gasteiger partial charge on any atom is 0.232 e. The van der Waals surface area contributed by atoms with Crippen LogP contribution in [-0.4, -0.2) is 51.8 Å². The number of ether oxygens (including phenoxy) is 2. The Bertz CT molecular complexity index is 706. The van der Waals surface area contributed by atoms with Gasteiger partial charge in [-0.1, -0.05) is 0 Å². The van der Waals surface area contributed by atoms with Gasteiger partial charge in [-0.2, -0.15) is 0 Å². The minimum Gasteiger partial charge on any atom is -0.477 e. The fourth-order valence-electron chi connectivity index (χ4n) is 3.68. The Morgan fingerprint density at radius 3 is 2.92 bits per heavy atom. The van der Waals surface area contributed by atoms with Crippen LogP contribution in [-0.2, 0) is 4.74 Å². The summed E-state index contributed by atoms with van der Waals surface area (Å²) in [4.78, 5) is 19.2. The molecular weight excluding hydrogens is 318 g/mol. The number of hydrogen-bond acceptors (Lipinski definition) is 7. The van der Waals surface area contributed by atoms with E-state index in [1.54, 1.807) is 24.8 Å². The maximum absolute atomic E-state index is 6.10. The molecule has 2 saturated heterocycles. The smallest absolute Gasteiger partial charge is 0.232 e. The third kappa shape index (κ3) is 3.71. The summed E-state index contributed by atoms with van der Waals surface area (Å²) >= 11 is 0. The lowest BCUT2D eigenvalue weighted by molar-refractivity contribution is -0.115. The molecule has 0 aliphatic carbocycles. The zero-order chi connectivity index (χ0) is 17.1. The van der Waals surface area contributed by atoms with Gasteiger partial charge in [0.25, 0.3) is 0 Å². The second-order valence-electron chi connectivity index (χ2n) is 6.93. The van der Waals surface area contributed by atoms with Crippen LogP contribution in [0.4, 0.5) is 5.95 Å². The Morgan fingerprint density at radius 2 is 2.12 bits per heavy atom. The molecule has 0 saturated carbocycles. The van der Waals surface area contributed by atoms with Crippen LogP contribution in [0.1, 0.15) is 25.0 Å². The third-order valence-corrected chi connectivity index (χ3v) is 4.90. The van der Waals surface area contributed by atoms with Crippen LogP contribution in [0.5, 0.6) is 5.88 Å². The molecule has 0 aromatic carbocycles. The quantitative estimate of drug-likeness (QED) is 0.824. The van der Waals surface area contributed by atoms with Crippen molar-refractivity contribution in [3.8, 4) is 5.88 Å². The van der Waals surface area contributed by atoms with Gasteiger partial charge in [0, 0.05) is 25.2 Å². The molecule has 1 spiro atoms. The zero-order valence-electron chi connectivity index (χ0n) is 14.5. The van der Waals surface area contributed by atoms with Gasteiger partial charge >= 0.3 is 0 Å². The van der Waals surface area contributed by atoms with Gasteiger partial charge < -0.3 is 14.4 Å². The normalized spacial score (nSPS) is 21.8. The van der Waals surface area contributed by atoms with Gasteiger partial charge in [0.1, 0.15) is 5.60 Å². The second kappa shape index (κ2) is 6.92. The summed E-state index contributed by atoms with van der Waals surface area (Å²) in [5.74, 6) is 2.02. The van der Waals surface area contributed by atoms with Crippen molar-refractivity contribution in [2.45, 2.75) is 31.8 Å². The highest BCUT2D eigenvalue weighted by Crippen LogP contribution is 2.39. The van der Waals surface area contributed by atoms with Crippen molar-refractivity contribution in [1.82, 2.24) is 19.9 Å². The van der Waals surface area contributed by atoms with E-state index in [-0.39, 0.29) is 5.60 Å². The van der Waals surface area contributed by atoms with E-state index in [0.717, 1.165) is 50.6 Å². The largest absolute Gasteiger partial charge is 0.477 e. The van der Waals surface area contributed by atoms with E-state index in [0.29, 0.717) is 18.4 Å². The van der Waals surface area contributed by atoms with E-state index in [4.69, 9.17) is 9.47 Å². The fourth-order valence-corrected chi connectivity index (χ4v) is 3.68. The number of nitrogens with zero attached hydrogens (tertiary/aromatic N) is 5. The molecule has 0 amide bonds. The summed E-state index contributed by atoms with van der Waals surface area (Å²) in [6.07, 6.45) is 10.1. The Balaban J connectivity index is 1.26. The lowest BCUT2D eigenvalue weighted by Gasteiger charge is -2.53. The van der Waals surface area contributed by atoms with Crippen molar-refractivity contribution in [2.24, 2.45) is 5.92 Å². The highest BCUT2D eigenvalue weighted by Gasteiger charge is 2.48. The molecule has 2 aromatic rings. The first-order valence-corrected chi connectivity index (χ1v) is 8.80. The highest BCUT2D eigenvalue weighted by atomic mass is 16.5. The summed E-state index contributed by atoms with van der Waals surface area (Å²) in [7, 11) is 0. The van der Waals surface area contributed by atoms with Crippen molar-refractivity contribution in [3.05, 3.63) is 36.5 Å². The summed E-state index contributed by atoms with van der Waals surface area (Å²) < 4.78 is 11.9. The Hall–Kier alpha value is -2.28. The van der Waals surface area contributed by atoms with Gasteiger partial charge in [-0.05, 0) is 38.2 Å². The van der Waals surface area contributed by atoms with Gasteiger partial charge in [0.2, 0.25) is 11.8 Å². The molecule has 132 valence electrons. The van der Waals surface area contributed by atoms with E-state index in [9.17, 15) is 0 Å². The lowest BCUT2D eigenvalue weighted by atomic mass is 9.79. The first-order chi connectivity index (χ1) is 12.2. The van der Waals surface area contributed by atoms with Crippen molar-refractivity contribution in [3.63, 3.8) is 0 Å². The molecule has 2 aliphatic heterocycles. The molecule has 7 heteroatoms. The molecule has 4 heterocycles. The summed E-state index contributed by atoms with van der Waals surface area (Å²) in [5.41, 5.74) is 0.839. The minimum absolute atomic E-state index is 0.0364. The van der Waals surface area contributed by atoms with Gasteiger partial charge in [-0.3, -0.25) is 4.98 Å².